The van der Waals surface area contributed by atoms with Crippen LogP contribution in [0.25, 0.3) is 0 Å². The van der Waals surface area contributed by atoms with Gasteiger partial charge in [-0.25, -0.2) is 0 Å². The molecule has 1 amide bonds. The van der Waals surface area contributed by atoms with Gasteiger partial charge >= 0.3 is 0 Å². The maximum atomic E-state index is 11.9. The predicted octanol–water partition coefficient (Wildman–Crippen LogP) is 0.233. The van der Waals surface area contributed by atoms with E-state index in [-0.39, 0.29) is 5.91 Å². The Kier molecular flexibility index (Phi) is 3.59. The van der Waals surface area contributed by atoms with Crippen LogP contribution in [-0.4, -0.2) is 50.2 Å². The molecule has 0 bridgehead atoms. The van der Waals surface area contributed by atoms with Crippen molar-refractivity contribution in [1.82, 2.24) is 10.2 Å². The van der Waals surface area contributed by atoms with Crippen molar-refractivity contribution in [3.05, 3.63) is 0 Å². The lowest BCUT2D eigenvalue weighted by molar-refractivity contribution is -0.133. The van der Waals surface area contributed by atoms with E-state index in [0.29, 0.717) is 19.1 Å². The van der Waals surface area contributed by atoms with E-state index in [1.54, 1.807) is 7.11 Å². The molecule has 2 heterocycles. The molecule has 0 aromatic rings. The molecule has 0 aromatic heterocycles. The summed E-state index contributed by atoms with van der Waals surface area (Å²) in [5.74, 6) is 0.991. The maximum absolute atomic E-state index is 11.9. The summed E-state index contributed by atoms with van der Waals surface area (Å²) >= 11 is 0. The number of piperidine rings is 1. The van der Waals surface area contributed by atoms with E-state index in [1.807, 2.05) is 0 Å². The first-order valence-electron chi connectivity index (χ1n) is 5.82. The largest absolute Gasteiger partial charge is 0.384 e. The molecule has 1 N–H and O–H groups in total. The number of hydrogen-bond acceptors (Lipinski definition) is 3. The number of methoxy groups -OCH3 is 1. The van der Waals surface area contributed by atoms with Crippen LogP contribution in [0.15, 0.2) is 0 Å². The molecule has 2 aliphatic rings. The Balaban J connectivity index is 1.89. The summed E-state index contributed by atoms with van der Waals surface area (Å²) in [5.41, 5.74) is 0. The van der Waals surface area contributed by atoms with E-state index in [2.05, 4.69) is 10.2 Å². The highest BCUT2D eigenvalue weighted by molar-refractivity contribution is 5.77. The molecule has 86 valence electrons. The Morgan fingerprint density at radius 2 is 2.40 bits per heavy atom. The molecule has 0 saturated carbocycles. The SMILES string of the molecule is COCCC(=O)N1CC[C@@H]2CCNC[C@@H]21. The fourth-order valence-electron chi connectivity index (χ4n) is 2.71. The molecule has 2 rings (SSSR count). The van der Waals surface area contributed by atoms with Gasteiger partial charge in [0.25, 0.3) is 0 Å². The quantitative estimate of drug-likeness (QED) is 0.728. The average molecular weight is 212 g/mol. The maximum Gasteiger partial charge on any atom is 0.225 e. The molecule has 4 heteroatoms. The lowest BCUT2D eigenvalue weighted by Gasteiger charge is -2.32. The third-order valence-electron chi connectivity index (χ3n) is 3.57. The van der Waals surface area contributed by atoms with Gasteiger partial charge in [0.15, 0.2) is 0 Å². The molecule has 0 unspecified atom stereocenters. The second-order valence-electron chi connectivity index (χ2n) is 4.44. The smallest absolute Gasteiger partial charge is 0.225 e. The van der Waals surface area contributed by atoms with Crippen molar-refractivity contribution < 1.29 is 9.53 Å². The van der Waals surface area contributed by atoms with Crippen LogP contribution in [0.2, 0.25) is 0 Å². The minimum absolute atomic E-state index is 0.257. The third kappa shape index (κ3) is 2.32. The van der Waals surface area contributed by atoms with E-state index < -0.39 is 0 Å². The number of nitrogens with zero attached hydrogens (tertiary/aromatic N) is 1. The predicted molar refractivity (Wildman–Crippen MR) is 57.6 cm³/mol. The first kappa shape index (κ1) is 10.9. The zero-order chi connectivity index (χ0) is 10.7. The monoisotopic (exact) mass is 212 g/mol. The van der Waals surface area contributed by atoms with Gasteiger partial charge in [0, 0.05) is 26.2 Å². The van der Waals surface area contributed by atoms with Crippen molar-refractivity contribution in [2.75, 3.05) is 33.4 Å². The molecule has 2 fully saturated rings. The average Bonchev–Trinajstić information content (AvgIpc) is 2.69. The van der Waals surface area contributed by atoms with Crippen molar-refractivity contribution >= 4 is 5.91 Å². The first-order chi connectivity index (χ1) is 7.33. The highest BCUT2D eigenvalue weighted by atomic mass is 16.5. The lowest BCUT2D eigenvalue weighted by atomic mass is 9.93. The molecule has 2 atom stereocenters. The normalized spacial score (nSPS) is 30.3. The van der Waals surface area contributed by atoms with Crippen LogP contribution in [0.5, 0.6) is 0 Å². The van der Waals surface area contributed by atoms with Gasteiger partial charge in [0.2, 0.25) is 5.91 Å². The second kappa shape index (κ2) is 4.94. The van der Waals surface area contributed by atoms with Gasteiger partial charge in [-0.05, 0) is 25.3 Å². The Morgan fingerprint density at radius 3 is 3.20 bits per heavy atom. The number of rotatable bonds is 3. The zero-order valence-electron chi connectivity index (χ0n) is 9.37. The summed E-state index contributed by atoms with van der Waals surface area (Å²) < 4.78 is 4.94. The number of carbonyl (C=O) groups excluding carboxylic acids is 1. The number of carbonyl (C=O) groups is 1. The summed E-state index contributed by atoms with van der Waals surface area (Å²) in [4.78, 5) is 13.9. The van der Waals surface area contributed by atoms with Crippen LogP contribution < -0.4 is 5.32 Å². The standard InChI is InChI=1S/C11H20N2O2/c1-15-7-4-11(14)13-6-3-9-2-5-12-8-10(9)13/h9-10,12H,2-8H2,1H3/t9-,10-/m0/s1. The highest BCUT2D eigenvalue weighted by Crippen LogP contribution is 2.29. The fourth-order valence-corrected chi connectivity index (χ4v) is 2.71. The summed E-state index contributed by atoms with van der Waals surface area (Å²) in [6.45, 7) is 3.57. The van der Waals surface area contributed by atoms with Crippen LogP contribution in [0, 0.1) is 5.92 Å². The summed E-state index contributed by atoms with van der Waals surface area (Å²) in [6.07, 6.45) is 2.93. The third-order valence-corrected chi connectivity index (χ3v) is 3.57. The number of ether oxygens (including phenoxy) is 1. The number of likely N-dealkylation sites (tertiary alicyclic amines) is 1. The van der Waals surface area contributed by atoms with Gasteiger partial charge in [-0.1, -0.05) is 0 Å². The summed E-state index contributed by atoms with van der Waals surface area (Å²) in [6, 6.07) is 0.447. The number of amides is 1. The zero-order valence-corrected chi connectivity index (χ0v) is 9.37. The molecular weight excluding hydrogens is 192 g/mol. The van der Waals surface area contributed by atoms with Crippen molar-refractivity contribution in [3.8, 4) is 0 Å². The molecule has 0 spiro atoms. The fraction of sp³-hybridized carbons (Fsp3) is 0.909. The van der Waals surface area contributed by atoms with Crippen LogP contribution in [0.3, 0.4) is 0 Å². The molecule has 0 aliphatic carbocycles. The minimum atomic E-state index is 0.257. The molecule has 0 aromatic carbocycles. The van der Waals surface area contributed by atoms with Gasteiger partial charge in [-0.15, -0.1) is 0 Å². The first-order valence-corrected chi connectivity index (χ1v) is 5.82. The van der Waals surface area contributed by atoms with E-state index in [0.717, 1.165) is 25.6 Å². The minimum Gasteiger partial charge on any atom is -0.384 e. The number of nitrogens with one attached hydrogen (secondary N) is 1. The second-order valence-corrected chi connectivity index (χ2v) is 4.44. The number of hydrogen-bond donors (Lipinski definition) is 1. The molecule has 2 saturated heterocycles. The van der Waals surface area contributed by atoms with Gasteiger partial charge in [-0.3, -0.25) is 4.79 Å². The van der Waals surface area contributed by atoms with Crippen LogP contribution in [-0.2, 0) is 9.53 Å². The highest BCUT2D eigenvalue weighted by Gasteiger charge is 2.37. The van der Waals surface area contributed by atoms with Crippen molar-refractivity contribution in [1.29, 1.82) is 0 Å². The van der Waals surface area contributed by atoms with Crippen molar-refractivity contribution in [2.45, 2.75) is 25.3 Å². The van der Waals surface area contributed by atoms with Crippen LogP contribution in [0.1, 0.15) is 19.3 Å². The molecule has 0 radical (unpaired) electrons. The molecule has 15 heavy (non-hydrogen) atoms. The molecular formula is C11H20N2O2. The van der Waals surface area contributed by atoms with Gasteiger partial charge < -0.3 is 15.0 Å². The molecule has 4 nitrogen and oxygen atoms in total. The summed E-state index contributed by atoms with van der Waals surface area (Å²) in [5, 5.41) is 3.37. The van der Waals surface area contributed by atoms with Gasteiger partial charge in [-0.2, -0.15) is 0 Å². The summed E-state index contributed by atoms with van der Waals surface area (Å²) in [7, 11) is 1.64. The van der Waals surface area contributed by atoms with E-state index in [4.69, 9.17) is 4.74 Å². The van der Waals surface area contributed by atoms with E-state index in [1.165, 1.54) is 12.8 Å². The topological polar surface area (TPSA) is 41.6 Å². The Bertz CT molecular complexity index is 233. The van der Waals surface area contributed by atoms with Gasteiger partial charge in [0.1, 0.15) is 0 Å². The number of fused-ring (bicyclic) bond motifs is 1. The van der Waals surface area contributed by atoms with Gasteiger partial charge in [0.05, 0.1) is 13.0 Å². The molecule has 2 aliphatic heterocycles. The van der Waals surface area contributed by atoms with E-state index >= 15 is 0 Å². The van der Waals surface area contributed by atoms with Crippen LogP contribution >= 0.6 is 0 Å². The lowest BCUT2D eigenvalue weighted by Crippen LogP contribution is -2.48. The van der Waals surface area contributed by atoms with Crippen molar-refractivity contribution in [2.24, 2.45) is 5.92 Å². The Labute approximate surface area is 91.0 Å². The van der Waals surface area contributed by atoms with Crippen molar-refractivity contribution in [3.63, 3.8) is 0 Å². The Hall–Kier alpha value is -0.610. The van der Waals surface area contributed by atoms with E-state index in [9.17, 15) is 4.79 Å². The Morgan fingerprint density at radius 1 is 1.53 bits per heavy atom. The van der Waals surface area contributed by atoms with Crippen LogP contribution in [0.4, 0.5) is 0 Å².